The van der Waals surface area contributed by atoms with E-state index in [0.717, 1.165) is 13.1 Å². The number of aliphatic carboxylic acids is 1. The molecule has 1 aromatic carbocycles. The summed E-state index contributed by atoms with van der Waals surface area (Å²) in [5.74, 6) is -0.716. The monoisotopic (exact) mass is 263 g/mol. The standard InChI is InChI=1S/C16H25NO2/c1-13-7-9-14(10-8-13)16(2,3)12-17(4)11-5-6-15(18)19/h7-10H,5-6,11-12H2,1-4H3,(H,18,19). The number of likely N-dealkylation sites (N-methyl/N-ethyl adjacent to an activating group) is 1. The van der Waals surface area contributed by atoms with Crippen LogP contribution in [-0.4, -0.2) is 36.1 Å². The first kappa shape index (κ1) is 15.7. The Morgan fingerprint density at radius 3 is 2.37 bits per heavy atom. The minimum atomic E-state index is -0.716. The molecule has 0 spiro atoms. The van der Waals surface area contributed by atoms with E-state index in [1.54, 1.807) is 0 Å². The van der Waals surface area contributed by atoms with Crippen LogP contribution in [0.4, 0.5) is 0 Å². The average molecular weight is 263 g/mol. The van der Waals surface area contributed by atoms with Crippen molar-refractivity contribution in [2.24, 2.45) is 0 Å². The predicted molar refractivity (Wildman–Crippen MR) is 78.6 cm³/mol. The topological polar surface area (TPSA) is 40.5 Å². The molecule has 1 aromatic rings. The highest BCUT2D eigenvalue weighted by molar-refractivity contribution is 5.66. The summed E-state index contributed by atoms with van der Waals surface area (Å²) in [6, 6.07) is 8.64. The third kappa shape index (κ3) is 5.43. The maximum absolute atomic E-state index is 10.5. The molecular formula is C16H25NO2. The normalized spacial score (nSPS) is 11.8. The lowest BCUT2D eigenvalue weighted by Gasteiger charge is -2.31. The second-order valence-electron chi connectivity index (χ2n) is 5.98. The summed E-state index contributed by atoms with van der Waals surface area (Å²) in [4.78, 5) is 12.7. The lowest BCUT2D eigenvalue weighted by atomic mass is 9.84. The summed E-state index contributed by atoms with van der Waals surface area (Å²) < 4.78 is 0. The van der Waals surface area contributed by atoms with Crippen LogP contribution in [0.25, 0.3) is 0 Å². The van der Waals surface area contributed by atoms with E-state index < -0.39 is 5.97 Å². The number of carboxylic acids is 1. The Balaban J connectivity index is 2.53. The molecule has 0 aromatic heterocycles. The molecule has 0 saturated heterocycles. The van der Waals surface area contributed by atoms with Gasteiger partial charge in [0.15, 0.2) is 0 Å². The summed E-state index contributed by atoms with van der Waals surface area (Å²) in [6.45, 7) is 8.29. The van der Waals surface area contributed by atoms with Crippen molar-refractivity contribution >= 4 is 5.97 Å². The van der Waals surface area contributed by atoms with Gasteiger partial charge in [0.2, 0.25) is 0 Å². The molecule has 0 fully saturated rings. The van der Waals surface area contributed by atoms with Gasteiger partial charge in [-0.05, 0) is 32.5 Å². The maximum atomic E-state index is 10.5. The zero-order chi connectivity index (χ0) is 14.5. The summed E-state index contributed by atoms with van der Waals surface area (Å²) >= 11 is 0. The van der Waals surface area contributed by atoms with Crippen molar-refractivity contribution in [2.45, 2.75) is 39.0 Å². The Morgan fingerprint density at radius 1 is 1.26 bits per heavy atom. The van der Waals surface area contributed by atoms with Crippen molar-refractivity contribution in [2.75, 3.05) is 20.1 Å². The first-order valence-electron chi connectivity index (χ1n) is 6.79. The number of rotatable bonds is 7. The predicted octanol–water partition coefficient (Wildman–Crippen LogP) is 3.07. The smallest absolute Gasteiger partial charge is 0.303 e. The maximum Gasteiger partial charge on any atom is 0.303 e. The van der Waals surface area contributed by atoms with Crippen LogP contribution in [-0.2, 0) is 10.2 Å². The van der Waals surface area contributed by atoms with Crippen molar-refractivity contribution in [1.29, 1.82) is 0 Å². The molecule has 0 saturated carbocycles. The fraction of sp³-hybridized carbons (Fsp3) is 0.562. The van der Waals surface area contributed by atoms with Gasteiger partial charge in [0.25, 0.3) is 0 Å². The number of benzene rings is 1. The molecule has 0 radical (unpaired) electrons. The fourth-order valence-electron chi connectivity index (χ4n) is 2.35. The van der Waals surface area contributed by atoms with Gasteiger partial charge in [0.05, 0.1) is 0 Å². The molecule has 0 aliphatic carbocycles. The van der Waals surface area contributed by atoms with Gasteiger partial charge < -0.3 is 10.0 Å². The van der Waals surface area contributed by atoms with E-state index in [-0.39, 0.29) is 11.8 Å². The molecule has 19 heavy (non-hydrogen) atoms. The van der Waals surface area contributed by atoms with Crippen LogP contribution in [0, 0.1) is 6.92 Å². The minimum Gasteiger partial charge on any atom is -0.481 e. The average Bonchev–Trinajstić information content (AvgIpc) is 2.28. The second-order valence-corrected chi connectivity index (χ2v) is 5.98. The number of hydrogen-bond donors (Lipinski definition) is 1. The lowest BCUT2D eigenvalue weighted by Crippen LogP contribution is -2.35. The van der Waals surface area contributed by atoms with E-state index in [1.165, 1.54) is 11.1 Å². The molecule has 0 atom stereocenters. The molecule has 3 heteroatoms. The molecule has 0 unspecified atom stereocenters. The first-order chi connectivity index (χ1) is 8.81. The molecule has 0 heterocycles. The van der Waals surface area contributed by atoms with Gasteiger partial charge in [0.1, 0.15) is 0 Å². The van der Waals surface area contributed by atoms with Crippen molar-refractivity contribution in [3.8, 4) is 0 Å². The number of carboxylic acid groups (broad SMARTS) is 1. The lowest BCUT2D eigenvalue weighted by molar-refractivity contribution is -0.137. The molecule has 0 aliphatic heterocycles. The van der Waals surface area contributed by atoms with Gasteiger partial charge in [-0.2, -0.15) is 0 Å². The van der Waals surface area contributed by atoms with Gasteiger partial charge in [-0.25, -0.2) is 0 Å². The van der Waals surface area contributed by atoms with E-state index in [1.807, 2.05) is 0 Å². The van der Waals surface area contributed by atoms with Crippen LogP contribution < -0.4 is 0 Å². The fourth-order valence-corrected chi connectivity index (χ4v) is 2.35. The quantitative estimate of drug-likeness (QED) is 0.822. The number of hydrogen-bond acceptors (Lipinski definition) is 2. The highest BCUT2D eigenvalue weighted by Gasteiger charge is 2.22. The van der Waals surface area contributed by atoms with E-state index in [2.05, 4.69) is 57.0 Å². The van der Waals surface area contributed by atoms with Crippen molar-refractivity contribution in [3.05, 3.63) is 35.4 Å². The largest absolute Gasteiger partial charge is 0.481 e. The van der Waals surface area contributed by atoms with Crippen LogP contribution in [0.3, 0.4) is 0 Å². The summed E-state index contributed by atoms with van der Waals surface area (Å²) in [5, 5.41) is 8.64. The van der Waals surface area contributed by atoms with Gasteiger partial charge in [0, 0.05) is 18.4 Å². The van der Waals surface area contributed by atoms with Crippen LogP contribution in [0.15, 0.2) is 24.3 Å². The molecular weight excluding hydrogens is 238 g/mol. The number of nitrogens with zero attached hydrogens (tertiary/aromatic N) is 1. The highest BCUT2D eigenvalue weighted by Crippen LogP contribution is 2.24. The first-order valence-corrected chi connectivity index (χ1v) is 6.79. The third-order valence-electron chi connectivity index (χ3n) is 3.43. The van der Waals surface area contributed by atoms with Gasteiger partial charge in [-0.15, -0.1) is 0 Å². The van der Waals surface area contributed by atoms with E-state index in [9.17, 15) is 4.79 Å². The third-order valence-corrected chi connectivity index (χ3v) is 3.43. The Hall–Kier alpha value is -1.35. The zero-order valence-corrected chi connectivity index (χ0v) is 12.4. The van der Waals surface area contributed by atoms with Crippen LogP contribution >= 0.6 is 0 Å². The van der Waals surface area contributed by atoms with Crippen LogP contribution in [0.1, 0.15) is 37.8 Å². The van der Waals surface area contributed by atoms with Crippen molar-refractivity contribution in [3.63, 3.8) is 0 Å². The molecule has 3 nitrogen and oxygen atoms in total. The molecule has 1 rings (SSSR count). The molecule has 0 amide bonds. The molecule has 1 N–H and O–H groups in total. The SMILES string of the molecule is Cc1ccc(C(C)(C)CN(C)CCCC(=O)O)cc1. The van der Waals surface area contributed by atoms with Crippen LogP contribution in [0.2, 0.25) is 0 Å². The van der Waals surface area contributed by atoms with E-state index in [0.29, 0.717) is 6.42 Å². The van der Waals surface area contributed by atoms with Crippen molar-refractivity contribution in [1.82, 2.24) is 4.90 Å². The number of aryl methyl sites for hydroxylation is 1. The summed E-state index contributed by atoms with van der Waals surface area (Å²) in [7, 11) is 2.05. The second kappa shape index (κ2) is 6.71. The summed E-state index contributed by atoms with van der Waals surface area (Å²) in [6.07, 6.45) is 0.950. The van der Waals surface area contributed by atoms with Gasteiger partial charge in [-0.3, -0.25) is 4.79 Å². The highest BCUT2D eigenvalue weighted by atomic mass is 16.4. The van der Waals surface area contributed by atoms with Crippen LogP contribution in [0.5, 0.6) is 0 Å². The molecule has 0 aliphatic rings. The molecule has 0 bridgehead atoms. The van der Waals surface area contributed by atoms with Gasteiger partial charge >= 0.3 is 5.97 Å². The zero-order valence-electron chi connectivity index (χ0n) is 12.4. The number of carbonyl (C=O) groups is 1. The summed E-state index contributed by atoms with van der Waals surface area (Å²) in [5.41, 5.74) is 2.67. The van der Waals surface area contributed by atoms with E-state index in [4.69, 9.17) is 5.11 Å². The minimum absolute atomic E-state index is 0.0751. The Morgan fingerprint density at radius 2 is 1.84 bits per heavy atom. The van der Waals surface area contributed by atoms with E-state index >= 15 is 0 Å². The van der Waals surface area contributed by atoms with Crippen molar-refractivity contribution < 1.29 is 9.90 Å². The Labute approximate surface area is 116 Å². The molecule has 106 valence electrons. The Bertz CT molecular complexity index is 409. The Kier molecular flexibility index (Phi) is 5.55. The van der Waals surface area contributed by atoms with Gasteiger partial charge in [-0.1, -0.05) is 43.7 Å².